The van der Waals surface area contributed by atoms with Gasteiger partial charge in [0.05, 0.1) is 32.8 Å². The number of rotatable bonds is 4. The van der Waals surface area contributed by atoms with Gasteiger partial charge in [-0.25, -0.2) is 18.4 Å². The van der Waals surface area contributed by atoms with Gasteiger partial charge < -0.3 is 10.0 Å². The molecule has 0 atom stereocenters. The van der Waals surface area contributed by atoms with Gasteiger partial charge in [-0.15, -0.1) is 11.3 Å². The average Bonchev–Trinajstić information content (AvgIpc) is 3.35. The van der Waals surface area contributed by atoms with E-state index in [1.807, 2.05) is 23.1 Å². The Kier molecular flexibility index (Phi) is 4.57. The number of nitrogens with zero attached hydrogens (tertiary/aromatic N) is 3. The van der Waals surface area contributed by atoms with E-state index in [-0.39, 0.29) is 17.9 Å². The number of thiophene rings is 1. The van der Waals surface area contributed by atoms with Crippen molar-refractivity contribution in [2.24, 2.45) is 0 Å². The van der Waals surface area contributed by atoms with E-state index in [9.17, 15) is 13.2 Å². The number of anilines is 2. The van der Waals surface area contributed by atoms with Crippen molar-refractivity contribution in [2.45, 2.75) is 24.3 Å². The van der Waals surface area contributed by atoms with Crippen molar-refractivity contribution in [1.29, 1.82) is 0 Å². The van der Waals surface area contributed by atoms with Crippen molar-refractivity contribution in [2.75, 3.05) is 11.4 Å². The van der Waals surface area contributed by atoms with Crippen molar-refractivity contribution >= 4 is 50.2 Å². The minimum atomic E-state index is -3.27. The molecule has 0 unspecified atom stereocenters. The molecule has 2 aliphatic rings. The zero-order valence-electron chi connectivity index (χ0n) is 15.6. The zero-order valence-corrected chi connectivity index (χ0v) is 18.0. The van der Waals surface area contributed by atoms with E-state index in [0.29, 0.717) is 33.8 Å². The molecule has 154 valence electrons. The van der Waals surface area contributed by atoms with Crippen LogP contribution in [0, 0.1) is 0 Å². The predicted octanol–water partition coefficient (Wildman–Crippen LogP) is 3.61. The molecule has 2 aliphatic heterocycles. The largest absolute Gasteiger partial charge is 0.481 e. The number of fused-ring (bicyclic) bond motifs is 2. The number of aliphatic carboxylic acids is 1. The number of hydrogen-bond donors (Lipinski definition) is 1. The highest BCUT2D eigenvalue weighted by Gasteiger charge is 2.34. The molecule has 0 aliphatic carbocycles. The lowest BCUT2D eigenvalue weighted by Crippen LogP contribution is -2.18. The molecule has 7 nitrogen and oxygen atoms in total. The lowest BCUT2D eigenvalue weighted by Gasteiger charge is -2.21. The molecule has 1 aromatic carbocycles. The van der Waals surface area contributed by atoms with Gasteiger partial charge in [0.1, 0.15) is 5.82 Å². The molecule has 1 N–H and O–H groups in total. The number of hydrogen-bond acceptors (Lipinski definition) is 7. The second kappa shape index (κ2) is 7.04. The van der Waals surface area contributed by atoms with Gasteiger partial charge in [0.2, 0.25) is 0 Å². The maximum absolute atomic E-state index is 12.3. The number of halogens is 1. The Morgan fingerprint density at radius 1 is 1.20 bits per heavy atom. The summed E-state index contributed by atoms with van der Waals surface area (Å²) in [7, 11) is -3.27. The molecule has 0 amide bonds. The molecular weight excluding hydrogens is 446 g/mol. The minimum absolute atomic E-state index is 0.0300. The first-order valence-corrected chi connectivity index (χ1v) is 12.3. The fourth-order valence-corrected chi connectivity index (χ4v) is 6.46. The molecule has 3 aromatic rings. The third kappa shape index (κ3) is 3.46. The van der Waals surface area contributed by atoms with Crippen molar-refractivity contribution in [1.82, 2.24) is 9.97 Å². The SMILES string of the molecule is O=C(O)Cc1ccc2c(c1)CCN2c1nc(-c2ccc(Cl)s2)nc2c1CS(=O)(=O)C2. The van der Waals surface area contributed by atoms with Crippen molar-refractivity contribution in [3.63, 3.8) is 0 Å². The Bertz CT molecular complexity index is 1300. The van der Waals surface area contributed by atoms with Gasteiger partial charge >= 0.3 is 5.97 Å². The summed E-state index contributed by atoms with van der Waals surface area (Å²) in [6.07, 6.45) is 0.701. The monoisotopic (exact) mass is 461 g/mol. The van der Waals surface area contributed by atoms with Crippen LogP contribution in [-0.2, 0) is 39.0 Å². The summed E-state index contributed by atoms with van der Waals surface area (Å²) >= 11 is 7.42. The van der Waals surface area contributed by atoms with Crippen molar-refractivity contribution < 1.29 is 18.3 Å². The molecule has 0 bridgehead atoms. The van der Waals surface area contributed by atoms with Crippen LogP contribution in [0.4, 0.5) is 11.5 Å². The molecule has 0 saturated heterocycles. The third-order valence-corrected chi connectivity index (χ3v) is 7.90. The van der Waals surface area contributed by atoms with Crippen LogP contribution in [0.3, 0.4) is 0 Å². The number of benzene rings is 1. The van der Waals surface area contributed by atoms with Crippen LogP contribution in [0.25, 0.3) is 10.7 Å². The number of aromatic nitrogens is 2. The molecule has 4 heterocycles. The lowest BCUT2D eigenvalue weighted by atomic mass is 10.1. The summed E-state index contributed by atoms with van der Waals surface area (Å²) in [4.78, 5) is 23.1. The summed E-state index contributed by atoms with van der Waals surface area (Å²) < 4.78 is 25.3. The fourth-order valence-electron chi connectivity index (χ4n) is 3.99. The summed E-state index contributed by atoms with van der Waals surface area (Å²) in [5, 5.41) is 9.05. The number of carboxylic acid groups (broad SMARTS) is 1. The van der Waals surface area contributed by atoms with Crippen LogP contribution in [0.2, 0.25) is 4.34 Å². The molecule has 0 radical (unpaired) electrons. The van der Waals surface area contributed by atoms with Crippen LogP contribution in [0.5, 0.6) is 0 Å². The third-order valence-electron chi connectivity index (χ3n) is 5.24. The highest BCUT2D eigenvalue weighted by atomic mass is 35.5. The van der Waals surface area contributed by atoms with Crippen LogP contribution >= 0.6 is 22.9 Å². The maximum Gasteiger partial charge on any atom is 0.307 e. The summed E-state index contributed by atoms with van der Waals surface area (Å²) in [5.74, 6) is 0.0239. The normalized spacial score (nSPS) is 16.5. The molecule has 2 aromatic heterocycles. The van der Waals surface area contributed by atoms with E-state index in [4.69, 9.17) is 21.7 Å². The molecule has 0 saturated carbocycles. The van der Waals surface area contributed by atoms with Gasteiger partial charge in [-0.05, 0) is 35.7 Å². The molecule has 10 heteroatoms. The second-order valence-corrected chi connectivity index (χ2v) is 11.1. The van der Waals surface area contributed by atoms with E-state index < -0.39 is 15.8 Å². The van der Waals surface area contributed by atoms with E-state index in [0.717, 1.165) is 28.1 Å². The van der Waals surface area contributed by atoms with E-state index >= 15 is 0 Å². The van der Waals surface area contributed by atoms with Crippen LogP contribution in [0.15, 0.2) is 30.3 Å². The Labute approximate surface area is 181 Å². The number of sulfone groups is 1. The maximum atomic E-state index is 12.3. The smallest absolute Gasteiger partial charge is 0.307 e. The quantitative estimate of drug-likeness (QED) is 0.633. The predicted molar refractivity (Wildman–Crippen MR) is 115 cm³/mol. The van der Waals surface area contributed by atoms with Crippen LogP contribution in [-0.4, -0.2) is 36.0 Å². The highest BCUT2D eigenvalue weighted by Crippen LogP contribution is 2.41. The summed E-state index contributed by atoms with van der Waals surface area (Å²) in [5.41, 5.74) is 3.87. The first-order chi connectivity index (χ1) is 14.3. The molecule has 30 heavy (non-hydrogen) atoms. The fraction of sp³-hybridized carbons (Fsp3) is 0.250. The average molecular weight is 462 g/mol. The molecule has 5 rings (SSSR count). The van der Waals surface area contributed by atoms with Crippen LogP contribution < -0.4 is 4.90 Å². The standard InChI is InChI=1S/C20H16ClN3O4S2/c21-17-4-3-16(29-17)19-22-14-10-30(27,28)9-13(14)20(23-19)24-6-5-12-7-11(8-18(25)26)1-2-15(12)24/h1-4,7H,5-6,8-10H2,(H,25,26). The number of carbonyl (C=O) groups is 1. The molecular formula is C20H16ClN3O4S2. The Hall–Kier alpha value is -2.49. The van der Waals surface area contributed by atoms with Crippen molar-refractivity contribution in [3.8, 4) is 10.7 Å². The van der Waals surface area contributed by atoms with Gasteiger partial charge in [-0.2, -0.15) is 0 Å². The number of carboxylic acids is 1. The first kappa shape index (κ1) is 19.5. The van der Waals surface area contributed by atoms with Crippen LogP contribution in [0.1, 0.15) is 22.4 Å². The zero-order chi connectivity index (χ0) is 21.0. The van der Waals surface area contributed by atoms with Crippen molar-refractivity contribution in [3.05, 3.63) is 57.1 Å². The van der Waals surface area contributed by atoms with Gasteiger partial charge in [0.25, 0.3) is 0 Å². The molecule has 0 fully saturated rings. The molecule has 0 spiro atoms. The van der Waals surface area contributed by atoms with E-state index in [2.05, 4.69) is 4.98 Å². The van der Waals surface area contributed by atoms with Gasteiger partial charge in [0, 0.05) is 17.8 Å². The van der Waals surface area contributed by atoms with E-state index in [1.54, 1.807) is 12.1 Å². The Balaban J connectivity index is 1.62. The van der Waals surface area contributed by atoms with Gasteiger partial charge in [-0.3, -0.25) is 4.79 Å². The second-order valence-electron chi connectivity index (χ2n) is 7.37. The lowest BCUT2D eigenvalue weighted by molar-refractivity contribution is -0.136. The topological polar surface area (TPSA) is 100 Å². The van der Waals surface area contributed by atoms with Gasteiger partial charge in [-0.1, -0.05) is 23.7 Å². The first-order valence-electron chi connectivity index (χ1n) is 9.26. The van der Waals surface area contributed by atoms with E-state index in [1.165, 1.54) is 11.3 Å². The Morgan fingerprint density at radius 2 is 2.03 bits per heavy atom. The summed E-state index contributed by atoms with van der Waals surface area (Å²) in [6, 6.07) is 9.19. The highest BCUT2D eigenvalue weighted by molar-refractivity contribution is 7.90. The Morgan fingerprint density at radius 3 is 2.77 bits per heavy atom. The summed E-state index contributed by atoms with van der Waals surface area (Å²) in [6.45, 7) is 0.639. The minimum Gasteiger partial charge on any atom is -0.481 e. The van der Waals surface area contributed by atoms with Gasteiger partial charge in [0.15, 0.2) is 15.7 Å².